The molecule has 0 aliphatic heterocycles. The minimum atomic E-state index is -0.797. The van der Waals surface area contributed by atoms with Crippen LogP contribution in [0.15, 0.2) is 72.9 Å². The summed E-state index contributed by atoms with van der Waals surface area (Å²) < 4.78 is 16.9. The lowest BCUT2D eigenvalue weighted by Crippen LogP contribution is -2.30. The molecular formula is C75H134O6. The molecule has 0 aliphatic carbocycles. The van der Waals surface area contributed by atoms with Crippen molar-refractivity contribution in [1.29, 1.82) is 0 Å². The van der Waals surface area contributed by atoms with Gasteiger partial charge in [0.05, 0.1) is 0 Å². The number of esters is 3. The van der Waals surface area contributed by atoms with Crippen LogP contribution in [0.4, 0.5) is 0 Å². The van der Waals surface area contributed by atoms with Crippen molar-refractivity contribution in [2.24, 2.45) is 0 Å². The van der Waals surface area contributed by atoms with Crippen LogP contribution >= 0.6 is 0 Å². The van der Waals surface area contributed by atoms with Crippen LogP contribution in [0, 0.1) is 0 Å². The van der Waals surface area contributed by atoms with Crippen LogP contribution in [-0.4, -0.2) is 37.2 Å². The Morgan fingerprint density at radius 3 is 0.753 bits per heavy atom. The van der Waals surface area contributed by atoms with Crippen molar-refractivity contribution in [2.75, 3.05) is 13.2 Å². The first-order valence-corrected chi connectivity index (χ1v) is 35.4. The highest BCUT2D eigenvalue weighted by Crippen LogP contribution is 2.18. The SMILES string of the molecule is CC/C=C\C/C=C\C/C=C\C/C=C\C/C=C\C/C=C\CCCCC(=O)OC(COC(=O)CCCCCCCCCCCCCC)COC(=O)CCCCCCCCCCCCCCCCCCCCCCCCCCCCCCCC. The van der Waals surface area contributed by atoms with Crippen LogP contribution in [0.3, 0.4) is 0 Å². The van der Waals surface area contributed by atoms with Gasteiger partial charge in [0.1, 0.15) is 13.2 Å². The zero-order valence-electron chi connectivity index (χ0n) is 54.1. The van der Waals surface area contributed by atoms with Gasteiger partial charge in [-0.3, -0.25) is 14.4 Å². The number of hydrogen-bond acceptors (Lipinski definition) is 6. The number of unbranched alkanes of at least 4 members (excludes halogenated alkanes) is 42. The average Bonchev–Trinajstić information content (AvgIpc) is 3.47. The third kappa shape index (κ3) is 67.5. The molecule has 0 aromatic heterocycles. The molecule has 0 N–H and O–H groups in total. The maximum Gasteiger partial charge on any atom is 0.306 e. The highest BCUT2D eigenvalue weighted by atomic mass is 16.6. The predicted molar refractivity (Wildman–Crippen MR) is 353 cm³/mol. The maximum atomic E-state index is 12.9. The Labute approximate surface area is 503 Å². The van der Waals surface area contributed by atoms with Crippen LogP contribution in [0.5, 0.6) is 0 Å². The predicted octanol–water partition coefficient (Wildman–Crippen LogP) is 24.4. The molecule has 470 valence electrons. The number of hydrogen-bond donors (Lipinski definition) is 0. The van der Waals surface area contributed by atoms with E-state index in [9.17, 15) is 14.4 Å². The standard InChI is InChI=1S/C75H134O6/c1-4-7-10-13-16-19-22-25-27-29-31-33-34-35-36-37-38-39-40-41-43-44-46-48-50-53-56-59-62-65-68-74(77)80-71-72(70-79-73(76)67-64-61-58-55-52-24-21-18-15-12-9-6-3)81-75(78)69-66-63-60-57-54-51-49-47-45-42-32-30-28-26-23-20-17-14-11-8-5-2/h8,11,17,20,26,28,32,42,47,49,54,57,72H,4-7,9-10,12-16,18-19,21-25,27,29-31,33-41,43-46,48,50-53,55-56,58-71H2,1-3H3/b11-8-,20-17-,28-26-,42-32-,49-47-,57-54-. The summed E-state index contributed by atoms with van der Waals surface area (Å²) in [6.07, 6.45) is 90.9. The topological polar surface area (TPSA) is 78.9 Å². The van der Waals surface area contributed by atoms with Gasteiger partial charge in [-0.2, -0.15) is 0 Å². The summed E-state index contributed by atoms with van der Waals surface area (Å²) in [6.45, 7) is 6.54. The Morgan fingerprint density at radius 1 is 0.259 bits per heavy atom. The molecule has 0 bridgehead atoms. The first-order valence-electron chi connectivity index (χ1n) is 35.4. The molecule has 1 atom stereocenters. The fraction of sp³-hybridized carbons (Fsp3) is 0.800. The van der Waals surface area contributed by atoms with Gasteiger partial charge in [-0.1, -0.05) is 351 Å². The van der Waals surface area contributed by atoms with E-state index >= 15 is 0 Å². The summed E-state index contributed by atoms with van der Waals surface area (Å²) in [7, 11) is 0. The van der Waals surface area contributed by atoms with E-state index < -0.39 is 6.10 Å². The lowest BCUT2D eigenvalue weighted by atomic mass is 10.0. The second-order valence-corrected chi connectivity index (χ2v) is 23.8. The molecular weight excluding hydrogens is 997 g/mol. The van der Waals surface area contributed by atoms with E-state index in [1.54, 1.807) is 0 Å². The molecule has 0 radical (unpaired) electrons. The normalized spacial score (nSPS) is 12.5. The number of carbonyl (C=O) groups is 3. The second-order valence-electron chi connectivity index (χ2n) is 23.8. The van der Waals surface area contributed by atoms with E-state index in [2.05, 4.69) is 93.7 Å². The molecule has 6 nitrogen and oxygen atoms in total. The van der Waals surface area contributed by atoms with Crippen molar-refractivity contribution in [3.8, 4) is 0 Å². The Balaban J connectivity index is 4.22. The molecule has 0 rings (SSSR count). The quantitative estimate of drug-likeness (QED) is 0.0261. The van der Waals surface area contributed by atoms with Crippen molar-refractivity contribution >= 4 is 17.9 Å². The van der Waals surface area contributed by atoms with Crippen LogP contribution in [0.1, 0.15) is 367 Å². The Kier molecular flexibility index (Phi) is 66.6. The summed E-state index contributed by atoms with van der Waals surface area (Å²) in [5.41, 5.74) is 0. The van der Waals surface area contributed by atoms with Gasteiger partial charge < -0.3 is 14.2 Å². The van der Waals surface area contributed by atoms with Gasteiger partial charge in [-0.05, 0) is 70.6 Å². The van der Waals surface area contributed by atoms with E-state index in [1.165, 1.54) is 231 Å². The maximum absolute atomic E-state index is 12.9. The van der Waals surface area contributed by atoms with Crippen molar-refractivity contribution < 1.29 is 28.6 Å². The fourth-order valence-corrected chi connectivity index (χ4v) is 10.5. The van der Waals surface area contributed by atoms with Gasteiger partial charge in [0.2, 0.25) is 0 Å². The Bertz CT molecular complexity index is 1490. The lowest BCUT2D eigenvalue weighted by Gasteiger charge is -2.18. The number of ether oxygens (including phenoxy) is 3. The summed E-state index contributed by atoms with van der Waals surface area (Å²) in [5.74, 6) is -0.913. The van der Waals surface area contributed by atoms with Crippen molar-refractivity contribution in [1.82, 2.24) is 0 Å². The number of allylic oxidation sites excluding steroid dienone is 12. The summed E-state index contributed by atoms with van der Waals surface area (Å²) >= 11 is 0. The molecule has 0 heterocycles. The monoisotopic (exact) mass is 1130 g/mol. The van der Waals surface area contributed by atoms with E-state index in [0.717, 1.165) is 89.9 Å². The minimum absolute atomic E-state index is 0.0887. The fourth-order valence-electron chi connectivity index (χ4n) is 10.5. The largest absolute Gasteiger partial charge is 0.462 e. The molecule has 0 aliphatic rings. The van der Waals surface area contributed by atoms with E-state index in [1.807, 2.05) is 0 Å². The van der Waals surface area contributed by atoms with Crippen LogP contribution in [-0.2, 0) is 28.6 Å². The summed E-state index contributed by atoms with van der Waals surface area (Å²) in [4.78, 5) is 38.3. The Hall–Kier alpha value is -3.15. The van der Waals surface area contributed by atoms with Gasteiger partial charge in [0.15, 0.2) is 6.10 Å². The molecule has 0 aromatic rings. The van der Waals surface area contributed by atoms with Gasteiger partial charge in [-0.25, -0.2) is 0 Å². The minimum Gasteiger partial charge on any atom is -0.462 e. The zero-order valence-corrected chi connectivity index (χ0v) is 54.1. The third-order valence-corrected chi connectivity index (χ3v) is 15.7. The van der Waals surface area contributed by atoms with Gasteiger partial charge in [0.25, 0.3) is 0 Å². The average molecular weight is 1130 g/mol. The van der Waals surface area contributed by atoms with Crippen LogP contribution < -0.4 is 0 Å². The molecule has 0 amide bonds. The van der Waals surface area contributed by atoms with Gasteiger partial charge in [-0.15, -0.1) is 0 Å². The summed E-state index contributed by atoms with van der Waals surface area (Å²) in [5, 5.41) is 0. The lowest BCUT2D eigenvalue weighted by molar-refractivity contribution is -0.167. The molecule has 0 saturated heterocycles. The molecule has 1 unspecified atom stereocenters. The van der Waals surface area contributed by atoms with Gasteiger partial charge in [0, 0.05) is 19.3 Å². The smallest absolute Gasteiger partial charge is 0.306 e. The summed E-state index contributed by atoms with van der Waals surface area (Å²) in [6, 6.07) is 0. The highest BCUT2D eigenvalue weighted by Gasteiger charge is 2.19. The highest BCUT2D eigenvalue weighted by molar-refractivity contribution is 5.71. The molecule has 0 spiro atoms. The zero-order chi connectivity index (χ0) is 58.5. The third-order valence-electron chi connectivity index (χ3n) is 15.7. The molecule has 0 aromatic carbocycles. The van der Waals surface area contributed by atoms with Gasteiger partial charge >= 0.3 is 17.9 Å². The van der Waals surface area contributed by atoms with Crippen LogP contribution in [0.25, 0.3) is 0 Å². The first-order chi connectivity index (χ1) is 40.0. The van der Waals surface area contributed by atoms with Crippen molar-refractivity contribution in [3.05, 3.63) is 72.9 Å². The van der Waals surface area contributed by atoms with Crippen LogP contribution in [0.2, 0.25) is 0 Å². The second kappa shape index (κ2) is 69.3. The molecule has 6 heteroatoms. The Morgan fingerprint density at radius 2 is 0.481 bits per heavy atom. The molecule has 0 saturated carbocycles. The number of rotatable bonds is 65. The van der Waals surface area contributed by atoms with Crippen molar-refractivity contribution in [2.45, 2.75) is 374 Å². The van der Waals surface area contributed by atoms with Crippen molar-refractivity contribution in [3.63, 3.8) is 0 Å². The van der Waals surface area contributed by atoms with E-state index in [4.69, 9.17) is 14.2 Å². The first kappa shape index (κ1) is 77.9. The molecule has 81 heavy (non-hydrogen) atoms. The van der Waals surface area contributed by atoms with E-state index in [0.29, 0.717) is 19.3 Å². The van der Waals surface area contributed by atoms with E-state index in [-0.39, 0.29) is 37.5 Å². The molecule has 0 fully saturated rings. The number of carbonyl (C=O) groups excluding carboxylic acids is 3.